The van der Waals surface area contributed by atoms with E-state index in [1.165, 1.54) is 0 Å². The summed E-state index contributed by atoms with van der Waals surface area (Å²) >= 11 is 5.88. The number of carbonyl (C=O) groups is 1. The fourth-order valence-corrected chi connectivity index (χ4v) is 3.10. The topological polar surface area (TPSA) is 67.3 Å². The van der Waals surface area contributed by atoms with E-state index in [1.807, 2.05) is 27.7 Å². The number of nitrogens with zero attached hydrogens (tertiary/aromatic N) is 3. The predicted molar refractivity (Wildman–Crippen MR) is 95.7 cm³/mol. The smallest absolute Gasteiger partial charge is 0.434 e. The van der Waals surface area contributed by atoms with Crippen LogP contribution in [0.25, 0.3) is 0 Å². The molecule has 2 atom stereocenters. The molecule has 0 aliphatic carbocycles. The Morgan fingerprint density at radius 2 is 2.07 bits per heavy atom. The minimum Gasteiger partial charge on any atom is -0.444 e. The summed E-state index contributed by atoms with van der Waals surface area (Å²) in [4.78, 5) is 21.1. The lowest BCUT2D eigenvalue weighted by atomic mass is 9.90. The van der Waals surface area contributed by atoms with Crippen LogP contribution in [0.15, 0.2) is 6.20 Å². The number of likely N-dealkylation sites (tertiary alicyclic amines) is 1. The fraction of sp³-hybridized carbons (Fsp3) is 0.706. The third-order valence-corrected chi connectivity index (χ3v) is 4.52. The zero-order valence-electron chi connectivity index (χ0n) is 15.7. The van der Waals surface area contributed by atoms with Crippen LogP contribution in [0.5, 0.6) is 0 Å². The number of piperidine rings is 1. The van der Waals surface area contributed by atoms with Gasteiger partial charge in [-0.2, -0.15) is 13.2 Å². The van der Waals surface area contributed by atoms with Crippen LogP contribution in [-0.4, -0.2) is 45.7 Å². The molecule has 6 nitrogen and oxygen atoms in total. The Kier molecular flexibility index (Phi) is 6.44. The maximum atomic E-state index is 12.7. The molecule has 0 spiro atoms. The molecule has 0 bridgehead atoms. The molecule has 1 fully saturated rings. The van der Waals surface area contributed by atoms with Crippen molar-refractivity contribution in [2.45, 2.75) is 58.4 Å². The highest BCUT2D eigenvalue weighted by Gasteiger charge is 2.35. The lowest BCUT2D eigenvalue weighted by Crippen LogP contribution is -2.49. The number of rotatable bonds is 3. The Labute approximate surface area is 161 Å². The monoisotopic (exact) mass is 408 g/mol. The van der Waals surface area contributed by atoms with Crippen molar-refractivity contribution in [2.24, 2.45) is 5.92 Å². The molecule has 152 valence electrons. The van der Waals surface area contributed by atoms with Gasteiger partial charge >= 0.3 is 12.3 Å². The third-order valence-electron chi connectivity index (χ3n) is 4.25. The summed E-state index contributed by atoms with van der Waals surface area (Å²) in [6, 6.07) is -0.0859. The quantitative estimate of drug-likeness (QED) is 0.791. The van der Waals surface area contributed by atoms with Crippen molar-refractivity contribution in [3.63, 3.8) is 0 Å². The first kappa shape index (κ1) is 21.5. The number of hydrogen-bond donors (Lipinski definition) is 1. The fourth-order valence-electron chi connectivity index (χ4n) is 2.90. The summed E-state index contributed by atoms with van der Waals surface area (Å²) < 4.78 is 43.4. The molecule has 0 radical (unpaired) electrons. The van der Waals surface area contributed by atoms with Gasteiger partial charge in [-0.25, -0.2) is 14.8 Å². The van der Waals surface area contributed by atoms with Gasteiger partial charge in [0.25, 0.3) is 0 Å². The predicted octanol–water partition coefficient (Wildman–Crippen LogP) is 4.60. The third kappa shape index (κ3) is 5.85. The van der Waals surface area contributed by atoms with E-state index < -0.39 is 17.5 Å². The van der Waals surface area contributed by atoms with Gasteiger partial charge in [0.15, 0.2) is 16.7 Å². The summed E-state index contributed by atoms with van der Waals surface area (Å²) in [7, 11) is 0. The number of carbonyl (C=O) groups excluding carboxylic acids is 1. The summed E-state index contributed by atoms with van der Waals surface area (Å²) in [6.07, 6.45) is -2.95. The molecule has 1 aliphatic heterocycles. The van der Waals surface area contributed by atoms with Crippen LogP contribution in [0.3, 0.4) is 0 Å². The van der Waals surface area contributed by atoms with Crippen molar-refractivity contribution >= 4 is 23.5 Å². The summed E-state index contributed by atoms with van der Waals surface area (Å²) in [5, 5.41) is 2.76. The molecule has 1 amide bonds. The Hall–Kier alpha value is -1.77. The average Bonchev–Trinajstić information content (AvgIpc) is 2.54. The van der Waals surface area contributed by atoms with E-state index in [-0.39, 0.29) is 29.0 Å². The minimum atomic E-state index is -4.60. The van der Waals surface area contributed by atoms with E-state index in [2.05, 4.69) is 15.3 Å². The lowest BCUT2D eigenvalue weighted by Gasteiger charge is -2.39. The van der Waals surface area contributed by atoms with Gasteiger partial charge in [-0.05, 0) is 39.5 Å². The molecule has 1 aliphatic rings. The number of nitrogens with one attached hydrogen (secondary N) is 1. The number of aromatic nitrogens is 2. The van der Waals surface area contributed by atoms with Crippen LogP contribution in [0.4, 0.5) is 23.8 Å². The number of ether oxygens (including phenoxy) is 1. The molecule has 2 rings (SSSR count). The highest BCUT2D eigenvalue weighted by atomic mass is 35.5. The Balaban J connectivity index is 2.05. The number of amides is 1. The molecule has 1 aromatic rings. The molecule has 10 heteroatoms. The van der Waals surface area contributed by atoms with Gasteiger partial charge in [0.1, 0.15) is 5.60 Å². The van der Waals surface area contributed by atoms with Crippen LogP contribution in [0.1, 0.15) is 46.2 Å². The van der Waals surface area contributed by atoms with Crippen molar-refractivity contribution in [3.8, 4) is 0 Å². The first-order valence-corrected chi connectivity index (χ1v) is 9.12. The van der Waals surface area contributed by atoms with Gasteiger partial charge in [-0.15, -0.1) is 0 Å². The lowest BCUT2D eigenvalue weighted by molar-refractivity contribution is -0.141. The second-order valence-electron chi connectivity index (χ2n) is 7.53. The molecule has 0 saturated carbocycles. The highest BCUT2D eigenvalue weighted by Crippen LogP contribution is 2.31. The zero-order valence-corrected chi connectivity index (χ0v) is 16.5. The van der Waals surface area contributed by atoms with Crippen molar-refractivity contribution in [2.75, 3.05) is 18.4 Å². The average molecular weight is 409 g/mol. The van der Waals surface area contributed by atoms with E-state index >= 15 is 0 Å². The normalized spacial score (nSPS) is 21.1. The summed E-state index contributed by atoms with van der Waals surface area (Å²) in [5.41, 5.74) is -1.71. The van der Waals surface area contributed by atoms with Crippen molar-refractivity contribution in [1.29, 1.82) is 0 Å². The van der Waals surface area contributed by atoms with Gasteiger partial charge in [-0.1, -0.05) is 18.5 Å². The molecule has 2 heterocycles. The summed E-state index contributed by atoms with van der Waals surface area (Å²) in [6.45, 7) is 8.35. The van der Waals surface area contributed by atoms with Crippen molar-refractivity contribution < 1.29 is 22.7 Å². The van der Waals surface area contributed by atoms with E-state index in [4.69, 9.17) is 16.3 Å². The molecule has 1 N–H and O–H groups in total. The van der Waals surface area contributed by atoms with E-state index in [0.29, 0.717) is 25.7 Å². The number of halogens is 4. The van der Waals surface area contributed by atoms with Crippen LogP contribution in [-0.2, 0) is 10.9 Å². The second-order valence-corrected chi connectivity index (χ2v) is 7.88. The van der Waals surface area contributed by atoms with Crippen molar-refractivity contribution in [1.82, 2.24) is 14.9 Å². The molecule has 1 saturated heterocycles. The van der Waals surface area contributed by atoms with Gasteiger partial charge in [0, 0.05) is 19.1 Å². The van der Waals surface area contributed by atoms with Gasteiger partial charge < -0.3 is 15.0 Å². The molecular weight excluding hydrogens is 385 g/mol. The minimum absolute atomic E-state index is 0.0754. The first-order valence-electron chi connectivity index (χ1n) is 8.75. The number of alkyl halides is 3. The highest BCUT2D eigenvalue weighted by molar-refractivity contribution is 6.31. The van der Waals surface area contributed by atoms with Crippen LogP contribution in [0.2, 0.25) is 5.15 Å². The molecular formula is C17H24ClF3N4O2. The molecule has 0 unspecified atom stereocenters. The molecule has 27 heavy (non-hydrogen) atoms. The first-order chi connectivity index (χ1) is 12.4. The number of hydrogen-bond acceptors (Lipinski definition) is 5. The van der Waals surface area contributed by atoms with Crippen LogP contribution >= 0.6 is 11.6 Å². The van der Waals surface area contributed by atoms with E-state index in [1.54, 1.807) is 4.90 Å². The second kappa shape index (κ2) is 8.08. The summed E-state index contributed by atoms with van der Waals surface area (Å²) in [5.74, 6) is 0.185. The zero-order chi connectivity index (χ0) is 20.4. The maximum absolute atomic E-state index is 12.7. The molecule has 0 aromatic carbocycles. The largest absolute Gasteiger partial charge is 0.444 e. The Morgan fingerprint density at radius 3 is 2.59 bits per heavy atom. The molecule has 1 aromatic heterocycles. The Morgan fingerprint density at radius 1 is 1.41 bits per heavy atom. The number of anilines is 1. The maximum Gasteiger partial charge on any atom is 0.434 e. The van der Waals surface area contributed by atoms with E-state index in [0.717, 1.165) is 6.42 Å². The Bertz CT molecular complexity index is 679. The SMILES string of the molecule is CC[C@H]1CN(C(=O)OC(C)(C)C)CC[C@@H]1Nc1ncc(C(F)(F)F)nc1Cl. The van der Waals surface area contributed by atoms with Gasteiger partial charge in [0.05, 0.1) is 6.20 Å². The van der Waals surface area contributed by atoms with Gasteiger partial charge in [0.2, 0.25) is 0 Å². The standard InChI is InChI=1S/C17H24ClF3N4O2/c1-5-10-9-25(15(26)27-16(2,3)4)7-6-11(10)23-14-13(18)24-12(8-22-14)17(19,20)21/h8,10-11H,5-7,9H2,1-4H3,(H,22,23)/t10-,11-/m0/s1. The van der Waals surface area contributed by atoms with Crippen LogP contribution in [0, 0.1) is 5.92 Å². The van der Waals surface area contributed by atoms with Gasteiger partial charge in [-0.3, -0.25) is 0 Å². The van der Waals surface area contributed by atoms with Crippen LogP contribution < -0.4 is 5.32 Å². The van der Waals surface area contributed by atoms with E-state index in [9.17, 15) is 18.0 Å². The van der Waals surface area contributed by atoms with Crippen molar-refractivity contribution in [3.05, 3.63) is 17.0 Å².